The summed E-state index contributed by atoms with van der Waals surface area (Å²) in [7, 11) is 0. The third-order valence-corrected chi connectivity index (χ3v) is 4.73. The fraction of sp³-hybridized carbons (Fsp3) is 0.529. The molecule has 1 fully saturated rings. The Balaban J connectivity index is 1.84. The second-order valence-electron chi connectivity index (χ2n) is 7.25. The van der Waals surface area contributed by atoms with Gasteiger partial charge in [0.15, 0.2) is 11.6 Å². The quantitative estimate of drug-likeness (QED) is 0.590. The summed E-state index contributed by atoms with van der Waals surface area (Å²) in [6, 6.07) is 0.390. The van der Waals surface area contributed by atoms with E-state index in [4.69, 9.17) is 9.47 Å². The molecule has 2 aliphatic heterocycles. The van der Waals surface area contributed by atoms with E-state index in [9.17, 15) is 18.4 Å². The van der Waals surface area contributed by atoms with Crippen LogP contribution in [-0.2, 0) is 4.74 Å². The van der Waals surface area contributed by atoms with E-state index in [0.717, 1.165) is 6.07 Å². The van der Waals surface area contributed by atoms with E-state index in [1.165, 1.54) is 9.80 Å². The number of amides is 2. The number of piperazine rings is 1. The van der Waals surface area contributed by atoms with E-state index in [-0.39, 0.29) is 30.7 Å². The van der Waals surface area contributed by atoms with Crippen molar-refractivity contribution in [3.8, 4) is 5.75 Å². The third kappa shape index (κ3) is 3.49. The standard InChI is InChI=1S/C17H19BrF2N2O4/c1-17(2,3)26-16(24)21-4-5-22-9(7-21)8-25-14-12(15(22)23)11(19)6-10(18)13(14)20/h6,9H,4-5,7-8H2,1-3H3/t9-/m1/s1. The highest BCUT2D eigenvalue weighted by Gasteiger charge is 2.40. The van der Waals surface area contributed by atoms with E-state index in [2.05, 4.69) is 15.9 Å². The predicted molar refractivity (Wildman–Crippen MR) is 92.2 cm³/mol. The van der Waals surface area contributed by atoms with Crippen molar-refractivity contribution in [1.29, 1.82) is 0 Å². The van der Waals surface area contributed by atoms with Gasteiger partial charge in [0.05, 0.1) is 10.5 Å². The first-order chi connectivity index (χ1) is 12.1. The van der Waals surface area contributed by atoms with Gasteiger partial charge in [-0.25, -0.2) is 13.6 Å². The van der Waals surface area contributed by atoms with Gasteiger partial charge in [-0.15, -0.1) is 0 Å². The summed E-state index contributed by atoms with van der Waals surface area (Å²) in [5, 5.41) is 0. The molecule has 26 heavy (non-hydrogen) atoms. The van der Waals surface area contributed by atoms with Crippen LogP contribution in [-0.4, -0.2) is 59.7 Å². The number of carbonyl (C=O) groups excluding carboxylic acids is 2. The summed E-state index contributed by atoms with van der Waals surface area (Å²) in [4.78, 5) is 27.9. The van der Waals surface area contributed by atoms with Crippen LogP contribution in [0.4, 0.5) is 13.6 Å². The van der Waals surface area contributed by atoms with Crippen molar-refractivity contribution in [3.05, 3.63) is 27.7 Å². The highest BCUT2D eigenvalue weighted by molar-refractivity contribution is 9.10. The Kier molecular flexibility index (Phi) is 4.85. The van der Waals surface area contributed by atoms with Gasteiger partial charge in [0.25, 0.3) is 5.91 Å². The number of hydrogen-bond acceptors (Lipinski definition) is 4. The maximum atomic E-state index is 14.3. The Labute approximate surface area is 158 Å². The molecule has 1 aromatic carbocycles. The zero-order chi connectivity index (χ0) is 19.2. The average molecular weight is 433 g/mol. The number of fused-ring (bicyclic) bond motifs is 2. The number of nitrogens with zero attached hydrogens (tertiary/aromatic N) is 2. The Morgan fingerprint density at radius 2 is 2.04 bits per heavy atom. The molecule has 2 aliphatic rings. The van der Waals surface area contributed by atoms with Crippen LogP contribution in [0.15, 0.2) is 10.5 Å². The predicted octanol–water partition coefficient (Wildman–Crippen LogP) is 3.18. The van der Waals surface area contributed by atoms with Crippen molar-refractivity contribution < 1.29 is 27.8 Å². The lowest BCUT2D eigenvalue weighted by Gasteiger charge is -2.40. The molecule has 1 saturated heterocycles. The molecule has 1 aromatic rings. The van der Waals surface area contributed by atoms with Gasteiger partial charge in [-0.3, -0.25) is 4.79 Å². The minimum Gasteiger partial charge on any atom is -0.487 e. The Morgan fingerprint density at radius 1 is 1.35 bits per heavy atom. The summed E-state index contributed by atoms with van der Waals surface area (Å²) in [5.74, 6) is -2.72. The van der Waals surface area contributed by atoms with Crippen molar-refractivity contribution in [1.82, 2.24) is 9.80 Å². The second kappa shape index (κ2) is 6.68. The molecule has 3 rings (SSSR count). The summed E-state index contributed by atoms with van der Waals surface area (Å²) < 4.78 is 39.2. The van der Waals surface area contributed by atoms with Crippen LogP contribution in [0, 0.1) is 11.6 Å². The van der Waals surface area contributed by atoms with Gasteiger partial charge in [0.1, 0.15) is 23.6 Å². The smallest absolute Gasteiger partial charge is 0.410 e. The molecule has 0 spiro atoms. The number of halogens is 3. The lowest BCUT2D eigenvalue weighted by Crippen LogP contribution is -2.58. The van der Waals surface area contributed by atoms with Crippen LogP contribution in [0.1, 0.15) is 31.1 Å². The molecule has 1 atom stereocenters. The Bertz CT molecular complexity index is 766. The van der Waals surface area contributed by atoms with Crippen LogP contribution in [0.3, 0.4) is 0 Å². The molecule has 2 amide bonds. The van der Waals surface area contributed by atoms with Crippen molar-refractivity contribution >= 4 is 27.9 Å². The first-order valence-electron chi connectivity index (χ1n) is 8.17. The first kappa shape index (κ1) is 18.9. The molecular formula is C17H19BrF2N2O4. The third-order valence-electron chi connectivity index (χ3n) is 4.16. The molecule has 0 N–H and O–H groups in total. The second-order valence-corrected chi connectivity index (χ2v) is 8.10. The molecule has 9 heteroatoms. The topological polar surface area (TPSA) is 59.1 Å². The summed E-state index contributed by atoms with van der Waals surface area (Å²) in [6.45, 7) is 5.83. The van der Waals surface area contributed by atoms with Gasteiger partial charge >= 0.3 is 6.09 Å². The van der Waals surface area contributed by atoms with Crippen molar-refractivity contribution in [2.24, 2.45) is 0 Å². The van der Waals surface area contributed by atoms with Crippen LogP contribution in [0.25, 0.3) is 0 Å². The minimum atomic E-state index is -0.853. The van der Waals surface area contributed by atoms with Crippen LogP contribution < -0.4 is 4.74 Å². The minimum absolute atomic E-state index is 0.0507. The van der Waals surface area contributed by atoms with Crippen LogP contribution in [0.2, 0.25) is 0 Å². The molecule has 0 aliphatic carbocycles. The lowest BCUT2D eigenvalue weighted by molar-refractivity contribution is 0.000811. The summed E-state index contributed by atoms with van der Waals surface area (Å²) in [6.07, 6.45) is -0.494. The normalized spacial score (nSPS) is 20.1. The maximum Gasteiger partial charge on any atom is 0.410 e. The molecule has 0 unspecified atom stereocenters. The van der Waals surface area contributed by atoms with E-state index in [1.807, 2.05) is 0 Å². The van der Waals surface area contributed by atoms with E-state index in [1.54, 1.807) is 20.8 Å². The van der Waals surface area contributed by atoms with Crippen LogP contribution in [0.5, 0.6) is 5.75 Å². The van der Waals surface area contributed by atoms with Gasteiger partial charge in [0, 0.05) is 19.6 Å². The largest absolute Gasteiger partial charge is 0.487 e. The van der Waals surface area contributed by atoms with Gasteiger partial charge < -0.3 is 19.3 Å². The fourth-order valence-electron chi connectivity index (χ4n) is 2.99. The number of ether oxygens (including phenoxy) is 2. The van der Waals surface area contributed by atoms with E-state index in [0.29, 0.717) is 0 Å². The molecule has 0 saturated carbocycles. The first-order valence-corrected chi connectivity index (χ1v) is 8.97. The molecule has 0 radical (unpaired) electrons. The number of rotatable bonds is 0. The molecule has 0 aromatic heterocycles. The fourth-order valence-corrected chi connectivity index (χ4v) is 3.37. The molecule has 0 bridgehead atoms. The molecule has 142 valence electrons. The van der Waals surface area contributed by atoms with E-state index < -0.39 is 46.6 Å². The van der Waals surface area contributed by atoms with Gasteiger partial charge in [-0.1, -0.05) is 0 Å². The molecular weight excluding hydrogens is 414 g/mol. The lowest BCUT2D eigenvalue weighted by atomic mass is 10.1. The Morgan fingerprint density at radius 3 is 2.69 bits per heavy atom. The monoisotopic (exact) mass is 432 g/mol. The molecule has 2 heterocycles. The van der Waals surface area contributed by atoms with Gasteiger partial charge in [-0.2, -0.15) is 0 Å². The zero-order valence-electron chi connectivity index (χ0n) is 14.6. The van der Waals surface area contributed by atoms with Crippen molar-refractivity contribution in [2.75, 3.05) is 26.2 Å². The number of carbonyl (C=O) groups is 2. The van der Waals surface area contributed by atoms with Gasteiger partial charge in [-0.05, 0) is 42.8 Å². The SMILES string of the molecule is CC(C)(C)OC(=O)N1CCN2C(=O)c3c(F)cc(Br)c(F)c3OC[C@H]2C1. The van der Waals surface area contributed by atoms with Crippen molar-refractivity contribution in [3.63, 3.8) is 0 Å². The molecule has 6 nitrogen and oxygen atoms in total. The average Bonchev–Trinajstić information content (AvgIpc) is 2.68. The maximum absolute atomic E-state index is 14.3. The summed E-state index contributed by atoms with van der Waals surface area (Å²) >= 11 is 2.91. The van der Waals surface area contributed by atoms with Gasteiger partial charge in [0.2, 0.25) is 0 Å². The zero-order valence-corrected chi connectivity index (χ0v) is 16.2. The number of hydrogen-bond donors (Lipinski definition) is 0. The highest BCUT2D eigenvalue weighted by Crippen LogP contribution is 2.35. The van der Waals surface area contributed by atoms with Crippen molar-refractivity contribution in [2.45, 2.75) is 32.4 Å². The Hall–Kier alpha value is -1.90. The number of benzene rings is 1. The van der Waals surface area contributed by atoms with E-state index >= 15 is 0 Å². The highest BCUT2D eigenvalue weighted by atomic mass is 79.9. The summed E-state index contributed by atoms with van der Waals surface area (Å²) in [5.41, 5.74) is -1.06. The van der Waals surface area contributed by atoms with Crippen LogP contribution >= 0.6 is 15.9 Å².